The van der Waals surface area contributed by atoms with Crippen LogP contribution in [0, 0.1) is 12.3 Å². The maximum Gasteiger partial charge on any atom is 0.270 e. The molecule has 5 aromatic rings. The van der Waals surface area contributed by atoms with Crippen molar-refractivity contribution < 1.29 is 29.1 Å². The number of aliphatic hydroxyl groups excluding tert-OH is 1. The van der Waals surface area contributed by atoms with Crippen molar-refractivity contribution in [3.8, 4) is 10.4 Å². The molecule has 2 aliphatic rings. The molecule has 0 radical (unpaired) electrons. The quantitative estimate of drug-likeness (QED) is 0.0705. The van der Waals surface area contributed by atoms with Crippen molar-refractivity contribution in [2.45, 2.75) is 117 Å². The van der Waals surface area contributed by atoms with Crippen LogP contribution in [0.15, 0.2) is 72.5 Å². The van der Waals surface area contributed by atoms with E-state index in [1.54, 1.807) is 40.4 Å². The summed E-state index contributed by atoms with van der Waals surface area (Å²) in [6.45, 7) is 10.2. The van der Waals surface area contributed by atoms with E-state index in [-0.39, 0.29) is 55.5 Å². The lowest BCUT2D eigenvalue weighted by molar-refractivity contribution is -0.144. The lowest BCUT2D eigenvalue weighted by Crippen LogP contribution is -2.57. The van der Waals surface area contributed by atoms with Crippen LogP contribution in [-0.4, -0.2) is 126 Å². The third-order valence-corrected chi connectivity index (χ3v) is 13.7. The number of nitrogens with zero attached hydrogens (tertiary/aromatic N) is 7. The number of unbranched alkanes of at least 4 members (excludes halogenated alkanes) is 4. The van der Waals surface area contributed by atoms with Crippen molar-refractivity contribution in [3.63, 3.8) is 0 Å². The van der Waals surface area contributed by atoms with E-state index in [4.69, 9.17) is 0 Å². The molecule has 0 saturated carbocycles. The molecule has 16 nitrogen and oxygen atoms in total. The van der Waals surface area contributed by atoms with Gasteiger partial charge in [-0.3, -0.25) is 28.7 Å². The van der Waals surface area contributed by atoms with Crippen molar-refractivity contribution >= 4 is 57.3 Å². The van der Waals surface area contributed by atoms with Gasteiger partial charge < -0.3 is 35.4 Å². The summed E-state index contributed by atoms with van der Waals surface area (Å²) in [4.78, 5) is 80.9. The van der Waals surface area contributed by atoms with Crippen LogP contribution in [0.4, 0.5) is 0 Å². The number of β-amino-alcohol motifs (C(OH)–C–C–N with tert-alkyl or cyclic N) is 1. The lowest BCUT2D eigenvalue weighted by atomic mass is 9.85. The van der Waals surface area contributed by atoms with Gasteiger partial charge in [0.25, 0.3) is 5.91 Å². The molecule has 5 amide bonds. The summed E-state index contributed by atoms with van der Waals surface area (Å²) in [5.74, 6) is -0.963. The van der Waals surface area contributed by atoms with Gasteiger partial charge in [0.1, 0.15) is 17.8 Å². The molecule has 0 unspecified atom stereocenters. The number of carbonyl (C=O) groups excluding carboxylic acids is 5. The number of aromatic nitrogens is 5. The van der Waals surface area contributed by atoms with E-state index in [2.05, 4.69) is 37.0 Å². The molecule has 0 bridgehead atoms. The van der Waals surface area contributed by atoms with E-state index < -0.39 is 23.6 Å². The molecule has 4 N–H and O–H groups in total. The van der Waals surface area contributed by atoms with Crippen LogP contribution in [-0.2, 0) is 32.3 Å². The number of nitrogens with one attached hydrogen (secondary N) is 3. The number of rotatable bonds is 19. The maximum absolute atomic E-state index is 14.0. The predicted octanol–water partition coefficient (Wildman–Crippen LogP) is 6.12. The molecule has 3 atom stereocenters. The molecule has 1 saturated heterocycles. The van der Waals surface area contributed by atoms with E-state index in [1.807, 2.05) is 86.6 Å². The molecule has 17 heteroatoms. The Morgan fingerprint density at radius 3 is 2.48 bits per heavy atom. The zero-order valence-electron chi connectivity index (χ0n) is 39.3. The van der Waals surface area contributed by atoms with Gasteiger partial charge in [-0.1, -0.05) is 87.7 Å². The molecular weight excluding hydrogens is 869 g/mol. The van der Waals surface area contributed by atoms with Crippen molar-refractivity contribution in [2.24, 2.45) is 5.41 Å². The second-order valence-electron chi connectivity index (χ2n) is 18.9. The number of hydrogen-bond donors (Lipinski definition) is 4. The number of benzene rings is 2. The number of aromatic amines is 1. The van der Waals surface area contributed by atoms with Gasteiger partial charge in [-0.15, -0.1) is 16.4 Å². The third kappa shape index (κ3) is 12.6. The molecule has 0 spiro atoms. The van der Waals surface area contributed by atoms with Crippen molar-refractivity contribution in [1.82, 2.24) is 50.3 Å². The zero-order chi connectivity index (χ0) is 47.7. The Balaban J connectivity index is 0.813. The fourth-order valence-corrected chi connectivity index (χ4v) is 9.63. The monoisotopic (exact) mass is 932 g/mol. The molecular formula is C50H64N10O6S. The topological polar surface area (TPSA) is 199 Å². The summed E-state index contributed by atoms with van der Waals surface area (Å²) in [6, 6.07) is 14.2. The average molecular weight is 933 g/mol. The van der Waals surface area contributed by atoms with Crippen LogP contribution >= 0.6 is 11.3 Å². The Morgan fingerprint density at radius 2 is 1.75 bits per heavy atom. The number of aryl methyl sites for hydroxylation is 2. The first-order valence-corrected chi connectivity index (χ1v) is 24.3. The van der Waals surface area contributed by atoms with Crippen molar-refractivity contribution in [3.05, 3.63) is 95.0 Å². The number of thiazole rings is 1. The molecule has 1 fully saturated rings. The summed E-state index contributed by atoms with van der Waals surface area (Å²) >= 11 is 1.58. The minimum Gasteiger partial charge on any atom is -0.391 e. The molecule has 7 rings (SSSR count). The molecule has 2 aromatic carbocycles. The molecule has 356 valence electrons. The Morgan fingerprint density at radius 1 is 0.985 bits per heavy atom. The Kier molecular flexibility index (Phi) is 16.0. The fourth-order valence-electron chi connectivity index (χ4n) is 8.81. The van der Waals surface area contributed by atoms with Gasteiger partial charge >= 0.3 is 0 Å². The van der Waals surface area contributed by atoms with Gasteiger partial charge in [0, 0.05) is 76.1 Å². The Hall–Kier alpha value is -6.20. The second kappa shape index (κ2) is 22.1. The molecule has 2 aliphatic heterocycles. The summed E-state index contributed by atoms with van der Waals surface area (Å²) in [7, 11) is 1.81. The number of amides is 5. The molecule has 0 aliphatic carbocycles. The van der Waals surface area contributed by atoms with Gasteiger partial charge in [0.15, 0.2) is 0 Å². The highest BCUT2D eigenvalue weighted by Gasteiger charge is 2.44. The highest BCUT2D eigenvalue weighted by atomic mass is 32.1. The van der Waals surface area contributed by atoms with Crippen LogP contribution in [0.5, 0.6) is 0 Å². The summed E-state index contributed by atoms with van der Waals surface area (Å²) in [5.41, 5.74) is 7.60. The van der Waals surface area contributed by atoms with Gasteiger partial charge in [-0.2, -0.15) is 0 Å². The van der Waals surface area contributed by atoms with E-state index in [9.17, 15) is 29.1 Å². The fraction of sp³-hybridized carbons (Fsp3) is 0.480. The van der Waals surface area contributed by atoms with Gasteiger partial charge in [-0.05, 0) is 66.0 Å². The second-order valence-corrected chi connectivity index (χ2v) is 19.8. The number of likely N-dealkylation sites (tertiary alicyclic amines) is 1. The smallest absolute Gasteiger partial charge is 0.270 e. The Bertz CT molecular complexity index is 2540. The number of aliphatic hydroxyl groups is 1. The minimum absolute atomic E-state index is 0.0163. The first-order valence-electron chi connectivity index (χ1n) is 23.4. The first-order chi connectivity index (χ1) is 32.1. The number of fused-ring (bicyclic) bond motifs is 1. The largest absolute Gasteiger partial charge is 0.391 e. The number of carbonyl (C=O) groups is 5. The molecule has 5 heterocycles. The van der Waals surface area contributed by atoms with Crippen LogP contribution < -0.4 is 10.6 Å². The maximum atomic E-state index is 14.0. The normalized spacial score (nSPS) is 16.8. The predicted molar refractivity (Wildman–Crippen MR) is 258 cm³/mol. The Labute approximate surface area is 396 Å². The van der Waals surface area contributed by atoms with Crippen LogP contribution in [0.1, 0.15) is 106 Å². The van der Waals surface area contributed by atoms with Gasteiger partial charge in [0.05, 0.1) is 34.9 Å². The van der Waals surface area contributed by atoms with Crippen LogP contribution in [0.25, 0.3) is 26.9 Å². The van der Waals surface area contributed by atoms with E-state index in [1.165, 1.54) is 4.90 Å². The zero-order valence-corrected chi connectivity index (χ0v) is 40.1. The number of hydrogen-bond acceptors (Lipinski definition) is 10. The van der Waals surface area contributed by atoms with E-state index in [0.717, 1.165) is 75.8 Å². The summed E-state index contributed by atoms with van der Waals surface area (Å²) in [5, 5.41) is 25.2. The highest BCUT2D eigenvalue weighted by molar-refractivity contribution is 7.13. The standard InChI is InChI=1S/C50H64N10O6S/c1-33-45(67-32-52-33)35-16-14-34(15-17-35)29-51-47(64)42-28-39(61)31-60(42)49(66)46(50(2,3)4)55-43(62)13-9-7-6-8-10-22-57(5)48(65)41-27-37-19-18-36(26-40(37)54-41)38-12-11-23-58(30-38)44(63)20-24-59-25-21-53-56-59/h12,14-19,21,25-27,32,39,42,46,54,61H,6-11,13,20,22-24,28-31H2,1-5H3,(H,51,64)(H,55,62)/t39-,42+,46-/m1/s1. The third-order valence-electron chi connectivity index (χ3n) is 12.7. The van der Waals surface area contributed by atoms with Crippen molar-refractivity contribution in [1.29, 1.82) is 0 Å². The van der Waals surface area contributed by atoms with E-state index >= 15 is 0 Å². The highest BCUT2D eigenvalue weighted by Crippen LogP contribution is 2.30. The average Bonchev–Trinajstić information content (AvgIpc) is 4.16. The minimum atomic E-state index is -0.879. The van der Waals surface area contributed by atoms with Gasteiger partial charge in [0.2, 0.25) is 23.6 Å². The van der Waals surface area contributed by atoms with Gasteiger partial charge in [-0.25, -0.2) is 4.98 Å². The SMILES string of the molecule is Cc1ncsc1-c1ccc(CNC(=O)[C@@H]2C[C@@H](O)CN2C(=O)[C@@H](NC(=O)CCCCCCCN(C)C(=O)c2cc3ccc(C4=CCCN(C(=O)CCn5ccnn5)C4)cc3[nH]2)C(C)(C)C)cc1. The van der Waals surface area contributed by atoms with Crippen LogP contribution in [0.2, 0.25) is 0 Å². The molecule has 67 heavy (non-hydrogen) atoms. The summed E-state index contributed by atoms with van der Waals surface area (Å²) in [6.07, 6.45) is 10.3. The van der Waals surface area contributed by atoms with E-state index in [0.29, 0.717) is 44.7 Å². The molecule has 3 aromatic heterocycles. The van der Waals surface area contributed by atoms with Crippen LogP contribution in [0.3, 0.4) is 0 Å². The first kappa shape index (κ1) is 48.7. The lowest BCUT2D eigenvalue weighted by Gasteiger charge is -2.35. The number of H-pyrrole nitrogens is 1. The summed E-state index contributed by atoms with van der Waals surface area (Å²) < 4.78 is 1.66. The van der Waals surface area contributed by atoms with Crippen molar-refractivity contribution in [2.75, 3.05) is 33.2 Å².